The molecule has 0 atom stereocenters. The molecule has 3 heterocycles. The number of rotatable bonds is 6. The van der Waals surface area contributed by atoms with Crippen LogP contribution >= 0.6 is 0 Å². The van der Waals surface area contributed by atoms with Gasteiger partial charge in [0.25, 0.3) is 0 Å². The van der Waals surface area contributed by atoms with Crippen LogP contribution in [0.5, 0.6) is 0 Å². The molecule has 0 bridgehead atoms. The van der Waals surface area contributed by atoms with Crippen LogP contribution in [0.4, 0.5) is 0 Å². The summed E-state index contributed by atoms with van der Waals surface area (Å²) in [5.41, 5.74) is 4.54. The van der Waals surface area contributed by atoms with Gasteiger partial charge in [0, 0.05) is 18.3 Å². The Morgan fingerprint density at radius 2 is 1.90 bits per heavy atom. The van der Waals surface area contributed by atoms with Crippen molar-refractivity contribution in [1.82, 2.24) is 14.3 Å². The lowest BCUT2D eigenvalue weighted by atomic mass is 10.1. The maximum atomic E-state index is 11.8. The Labute approximate surface area is 169 Å². The highest BCUT2D eigenvalue weighted by molar-refractivity contribution is 5.90. The van der Waals surface area contributed by atoms with Crippen LogP contribution in [0.15, 0.2) is 65.2 Å². The van der Waals surface area contributed by atoms with Gasteiger partial charge in [0.1, 0.15) is 22.7 Å². The number of imidazole rings is 1. The number of aryl methyl sites for hydroxylation is 1. The summed E-state index contributed by atoms with van der Waals surface area (Å²) in [6.07, 6.45) is 2.03. The third-order valence-corrected chi connectivity index (χ3v) is 4.90. The molecule has 1 aromatic carbocycles. The first-order chi connectivity index (χ1) is 14.1. The lowest BCUT2D eigenvalue weighted by Crippen LogP contribution is -2.18. The molecule has 0 fully saturated rings. The van der Waals surface area contributed by atoms with Crippen molar-refractivity contribution in [3.63, 3.8) is 0 Å². The third-order valence-electron chi connectivity index (χ3n) is 4.90. The molecule has 6 nitrogen and oxygen atoms in total. The lowest BCUT2D eigenvalue weighted by molar-refractivity contribution is 0.0599. The minimum absolute atomic E-state index is 0.381. The maximum Gasteiger partial charge on any atom is 0.341 e. The minimum Gasteiger partial charge on any atom is -0.465 e. The van der Waals surface area contributed by atoms with Gasteiger partial charge in [0.2, 0.25) is 0 Å². The Morgan fingerprint density at radius 3 is 2.66 bits per heavy atom. The maximum absolute atomic E-state index is 11.8. The molecule has 3 aromatic heterocycles. The number of esters is 1. The predicted molar refractivity (Wildman–Crippen MR) is 111 cm³/mol. The second-order valence-corrected chi connectivity index (χ2v) is 7.05. The van der Waals surface area contributed by atoms with Gasteiger partial charge in [-0.1, -0.05) is 36.4 Å². The molecule has 29 heavy (non-hydrogen) atoms. The van der Waals surface area contributed by atoms with Crippen LogP contribution in [-0.4, -0.2) is 34.4 Å². The number of nitrogens with zero attached hydrogens (tertiary/aromatic N) is 3. The Kier molecular flexibility index (Phi) is 5.18. The van der Waals surface area contributed by atoms with E-state index >= 15 is 0 Å². The van der Waals surface area contributed by atoms with Gasteiger partial charge in [0.05, 0.1) is 25.0 Å². The smallest absolute Gasteiger partial charge is 0.341 e. The third kappa shape index (κ3) is 3.79. The van der Waals surface area contributed by atoms with E-state index in [-0.39, 0.29) is 5.97 Å². The van der Waals surface area contributed by atoms with Crippen LogP contribution < -0.4 is 0 Å². The molecule has 0 saturated carbocycles. The molecule has 0 aliphatic carbocycles. The van der Waals surface area contributed by atoms with E-state index in [1.54, 1.807) is 13.0 Å². The van der Waals surface area contributed by atoms with Crippen LogP contribution in [0, 0.1) is 6.92 Å². The number of furan rings is 1. The number of hydrogen-bond acceptors (Lipinski definition) is 5. The summed E-state index contributed by atoms with van der Waals surface area (Å²) in [5.74, 6) is 0.911. The van der Waals surface area contributed by atoms with E-state index in [0.717, 1.165) is 28.4 Å². The Morgan fingerprint density at radius 1 is 1.14 bits per heavy atom. The van der Waals surface area contributed by atoms with E-state index < -0.39 is 0 Å². The van der Waals surface area contributed by atoms with Crippen molar-refractivity contribution in [2.45, 2.75) is 20.0 Å². The van der Waals surface area contributed by atoms with E-state index in [4.69, 9.17) is 14.1 Å². The first-order valence-corrected chi connectivity index (χ1v) is 9.44. The highest BCUT2D eigenvalue weighted by Crippen LogP contribution is 2.26. The van der Waals surface area contributed by atoms with Gasteiger partial charge in [-0.3, -0.25) is 4.90 Å². The van der Waals surface area contributed by atoms with Gasteiger partial charge in [-0.2, -0.15) is 0 Å². The van der Waals surface area contributed by atoms with Crippen molar-refractivity contribution in [1.29, 1.82) is 0 Å². The van der Waals surface area contributed by atoms with Crippen LogP contribution in [-0.2, 0) is 17.8 Å². The zero-order valence-corrected chi connectivity index (χ0v) is 16.8. The summed E-state index contributed by atoms with van der Waals surface area (Å²) in [6, 6.07) is 17.9. The first-order valence-electron chi connectivity index (χ1n) is 9.44. The van der Waals surface area contributed by atoms with Crippen molar-refractivity contribution in [3.8, 4) is 11.3 Å². The van der Waals surface area contributed by atoms with Crippen LogP contribution in [0.25, 0.3) is 16.9 Å². The normalized spacial score (nSPS) is 11.3. The molecule has 0 radical (unpaired) electrons. The fourth-order valence-electron chi connectivity index (χ4n) is 3.54. The molecule has 0 spiro atoms. The molecule has 0 amide bonds. The summed E-state index contributed by atoms with van der Waals surface area (Å²) in [5, 5.41) is 0. The van der Waals surface area contributed by atoms with Gasteiger partial charge in [-0.25, -0.2) is 9.78 Å². The molecular formula is C23H23N3O3. The second-order valence-electron chi connectivity index (χ2n) is 7.05. The summed E-state index contributed by atoms with van der Waals surface area (Å²) < 4.78 is 12.7. The fraction of sp³-hybridized carbons (Fsp3) is 0.217. The summed E-state index contributed by atoms with van der Waals surface area (Å²) >= 11 is 0. The van der Waals surface area contributed by atoms with E-state index in [9.17, 15) is 4.79 Å². The average molecular weight is 389 g/mol. The zero-order chi connectivity index (χ0) is 20.4. The van der Waals surface area contributed by atoms with Gasteiger partial charge in [0.15, 0.2) is 0 Å². The molecular weight excluding hydrogens is 366 g/mol. The van der Waals surface area contributed by atoms with E-state index in [2.05, 4.69) is 21.4 Å². The number of carbonyl (C=O) groups excluding carboxylic acids is 1. The van der Waals surface area contributed by atoms with Gasteiger partial charge >= 0.3 is 5.97 Å². The number of fused-ring (bicyclic) bond motifs is 1. The molecule has 4 aromatic rings. The number of ether oxygens (including phenoxy) is 1. The molecule has 148 valence electrons. The van der Waals surface area contributed by atoms with E-state index in [1.165, 1.54) is 7.11 Å². The van der Waals surface area contributed by atoms with Crippen molar-refractivity contribution in [3.05, 3.63) is 83.6 Å². The van der Waals surface area contributed by atoms with Crippen molar-refractivity contribution in [2.75, 3.05) is 14.2 Å². The SMILES string of the molecule is COC(=O)c1cc(CN(C)Cc2c(-c3ccccc3)nc3ccccn23)oc1C. The fourth-order valence-corrected chi connectivity index (χ4v) is 3.54. The number of carbonyl (C=O) groups is 1. The molecule has 0 aliphatic heterocycles. The number of methoxy groups -OCH3 is 1. The molecule has 0 saturated heterocycles. The highest BCUT2D eigenvalue weighted by Gasteiger charge is 2.19. The second kappa shape index (κ2) is 7.93. The van der Waals surface area contributed by atoms with Crippen LogP contribution in [0.2, 0.25) is 0 Å². The lowest BCUT2D eigenvalue weighted by Gasteiger charge is -2.16. The minimum atomic E-state index is -0.381. The van der Waals surface area contributed by atoms with Crippen molar-refractivity contribution >= 4 is 11.6 Å². The Hall–Kier alpha value is -3.38. The monoisotopic (exact) mass is 389 g/mol. The van der Waals surface area contributed by atoms with Gasteiger partial charge < -0.3 is 13.6 Å². The van der Waals surface area contributed by atoms with Crippen LogP contribution in [0.1, 0.15) is 27.6 Å². The summed E-state index contributed by atoms with van der Waals surface area (Å²) in [6.45, 7) is 3.00. The largest absolute Gasteiger partial charge is 0.465 e. The predicted octanol–water partition coefficient (Wildman–Crippen LogP) is 4.32. The Bertz CT molecular complexity index is 1140. The number of benzene rings is 1. The standard InChI is InChI=1S/C23H23N3O3/c1-16-19(23(27)28-3)13-18(29-16)14-25(2)15-20-22(17-9-5-4-6-10-17)24-21-11-7-8-12-26(20)21/h4-13H,14-15H2,1-3H3. The van der Waals surface area contributed by atoms with E-state index in [0.29, 0.717) is 24.4 Å². The quantitative estimate of drug-likeness (QED) is 0.460. The molecule has 0 N–H and O–H groups in total. The number of aromatic nitrogens is 2. The van der Waals surface area contributed by atoms with Gasteiger partial charge in [-0.05, 0) is 32.2 Å². The number of hydrogen-bond donors (Lipinski definition) is 0. The van der Waals surface area contributed by atoms with Crippen molar-refractivity contribution in [2.24, 2.45) is 0 Å². The first kappa shape index (κ1) is 19.0. The van der Waals surface area contributed by atoms with Crippen molar-refractivity contribution < 1.29 is 13.9 Å². The summed E-state index contributed by atoms with van der Waals surface area (Å²) in [4.78, 5) is 18.8. The zero-order valence-electron chi connectivity index (χ0n) is 16.8. The topological polar surface area (TPSA) is 60.0 Å². The number of pyridine rings is 1. The highest BCUT2D eigenvalue weighted by atomic mass is 16.5. The van der Waals surface area contributed by atoms with Gasteiger partial charge in [-0.15, -0.1) is 0 Å². The van der Waals surface area contributed by atoms with Crippen LogP contribution in [0.3, 0.4) is 0 Å². The average Bonchev–Trinajstić information content (AvgIpc) is 3.28. The Balaban J connectivity index is 1.63. The molecule has 6 heteroatoms. The molecule has 4 rings (SSSR count). The molecule has 0 unspecified atom stereocenters. The molecule has 0 aliphatic rings. The van der Waals surface area contributed by atoms with E-state index in [1.807, 2.05) is 49.6 Å². The summed E-state index contributed by atoms with van der Waals surface area (Å²) in [7, 11) is 3.39.